The van der Waals surface area contributed by atoms with E-state index in [-0.39, 0.29) is 12.8 Å². The van der Waals surface area contributed by atoms with Crippen LogP contribution < -0.4 is 11.5 Å². The van der Waals surface area contributed by atoms with Gasteiger partial charge in [-0.05, 0) is 24.1 Å². The molecule has 1 rings (SSSR count). The number of alkyl halides is 3. The highest BCUT2D eigenvalue weighted by Gasteiger charge is 2.30. The van der Waals surface area contributed by atoms with Crippen LogP contribution in [0.4, 0.5) is 13.2 Å². The number of benzene rings is 1. The van der Waals surface area contributed by atoms with Gasteiger partial charge in [-0.2, -0.15) is 13.2 Å². The summed E-state index contributed by atoms with van der Waals surface area (Å²) in [6.07, 6.45) is -4.42. The predicted octanol–water partition coefficient (Wildman–Crippen LogP) is 1.54. The maximum Gasteiger partial charge on any atom is 0.416 e. The third-order valence-electron chi connectivity index (χ3n) is 2.66. The Balaban J connectivity index is 2.92. The van der Waals surface area contributed by atoms with E-state index in [1.807, 2.05) is 0 Å². The van der Waals surface area contributed by atoms with Crippen LogP contribution in [-0.4, -0.2) is 11.8 Å². The summed E-state index contributed by atoms with van der Waals surface area (Å²) in [7, 11) is 0. The first-order valence-electron chi connectivity index (χ1n) is 5.46. The minimum Gasteiger partial charge on any atom is -0.370 e. The predicted molar refractivity (Wildman–Crippen MR) is 61.8 cm³/mol. The van der Waals surface area contributed by atoms with Crippen molar-refractivity contribution in [1.82, 2.24) is 0 Å². The van der Waals surface area contributed by atoms with E-state index in [1.165, 1.54) is 12.1 Å². The van der Waals surface area contributed by atoms with Crippen molar-refractivity contribution in [1.29, 1.82) is 0 Å². The second kappa shape index (κ2) is 5.73. The largest absolute Gasteiger partial charge is 0.416 e. The normalized spacial score (nSPS) is 13.0. The summed E-state index contributed by atoms with van der Waals surface area (Å²) in [5, 5.41) is 0. The molecule has 0 spiro atoms. The van der Waals surface area contributed by atoms with E-state index in [0.717, 1.165) is 12.1 Å². The highest BCUT2D eigenvalue weighted by atomic mass is 19.4. The van der Waals surface area contributed by atoms with E-state index in [4.69, 9.17) is 11.5 Å². The number of carbonyl (C=O) groups is 2. The Labute approximate surface area is 107 Å². The summed E-state index contributed by atoms with van der Waals surface area (Å²) in [6, 6.07) is 4.10. The van der Waals surface area contributed by atoms with Crippen molar-refractivity contribution in [3.05, 3.63) is 35.4 Å². The summed E-state index contributed by atoms with van der Waals surface area (Å²) in [5.74, 6) is -2.13. The standard InChI is InChI=1S/C12H13F3N2O2/c13-12(14,15)8-3-1-7(2-4-8)9(11(17)19)5-6-10(16)18/h1-4,9H,5-6H2,(H2,16,18)(H2,17,19). The van der Waals surface area contributed by atoms with Gasteiger partial charge in [0.05, 0.1) is 11.5 Å². The van der Waals surface area contributed by atoms with E-state index in [0.29, 0.717) is 5.56 Å². The van der Waals surface area contributed by atoms with Gasteiger partial charge < -0.3 is 11.5 Å². The molecule has 104 valence electrons. The molecule has 19 heavy (non-hydrogen) atoms. The SMILES string of the molecule is NC(=O)CCC(C(N)=O)c1ccc(C(F)(F)F)cc1. The molecule has 7 heteroatoms. The molecule has 0 heterocycles. The highest BCUT2D eigenvalue weighted by Crippen LogP contribution is 2.30. The Kier molecular flexibility index (Phi) is 4.52. The quantitative estimate of drug-likeness (QED) is 0.853. The molecular formula is C12H13F3N2O2. The van der Waals surface area contributed by atoms with Gasteiger partial charge in [-0.25, -0.2) is 0 Å². The van der Waals surface area contributed by atoms with E-state index in [2.05, 4.69) is 0 Å². The third-order valence-corrected chi connectivity index (χ3v) is 2.66. The van der Waals surface area contributed by atoms with Gasteiger partial charge >= 0.3 is 6.18 Å². The van der Waals surface area contributed by atoms with E-state index in [9.17, 15) is 22.8 Å². The van der Waals surface area contributed by atoms with Crippen LogP contribution in [0.15, 0.2) is 24.3 Å². The van der Waals surface area contributed by atoms with Gasteiger partial charge in [0.15, 0.2) is 0 Å². The molecule has 0 aliphatic carbocycles. The molecule has 1 atom stereocenters. The zero-order valence-corrected chi connectivity index (χ0v) is 9.91. The van der Waals surface area contributed by atoms with Crippen LogP contribution in [0, 0.1) is 0 Å². The summed E-state index contributed by atoms with van der Waals surface area (Å²) in [6.45, 7) is 0. The molecule has 1 aromatic rings. The van der Waals surface area contributed by atoms with Gasteiger partial charge in [0.25, 0.3) is 0 Å². The van der Waals surface area contributed by atoms with Crippen molar-refractivity contribution >= 4 is 11.8 Å². The third kappa shape index (κ3) is 4.27. The zero-order valence-electron chi connectivity index (χ0n) is 9.91. The minimum atomic E-state index is -4.44. The summed E-state index contributed by atoms with van der Waals surface area (Å²) >= 11 is 0. The van der Waals surface area contributed by atoms with E-state index < -0.39 is 29.5 Å². The van der Waals surface area contributed by atoms with Crippen molar-refractivity contribution in [2.24, 2.45) is 11.5 Å². The number of carbonyl (C=O) groups excluding carboxylic acids is 2. The number of halogens is 3. The number of primary amides is 2. The van der Waals surface area contributed by atoms with Gasteiger partial charge in [-0.1, -0.05) is 12.1 Å². The molecule has 0 bridgehead atoms. The lowest BCUT2D eigenvalue weighted by atomic mass is 9.92. The van der Waals surface area contributed by atoms with Gasteiger partial charge in [-0.15, -0.1) is 0 Å². The Hall–Kier alpha value is -2.05. The maximum atomic E-state index is 12.4. The number of amides is 2. The van der Waals surface area contributed by atoms with Crippen LogP contribution in [0.1, 0.15) is 29.9 Å². The van der Waals surface area contributed by atoms with Crippen LogP contribution in [-0.2, 0) is 15.8 Å². The van der Waals surface area contributed by atoms with Crippen LogP contribution in [0.2, 0.25) is 0 Å². The van der Waals surface area contributed by atoms with Crippen LogP contribution in [0.25, 0.3) is 0 Å². The Bertz CT molecular complexity index is 469. The molecule has 0 aromatic heterocycles. The lowest BCUT2D eigenvalue weighted by Crippen LogP contribution is -2.23. The zero-order chi connectivity index (χ0) is 14.6. The second-order valence-corrected chi connectivity index (χ2v) is 4.08. The van der Waals surface area contributed by atoms with Gasteiger partial charge in [0.2, 0.25) is 11.8 Å². The monoisotopic (exact) mass is 274 g/mol. The second-order valence-electron chi connectivity index (χ2n) is 4.08. The van der Waals surface area contributed by atoms with Gasteiger partial charge in [0, 0.05) is 6.42 Å². The molecule has 0 saturated carbocycles. The molecule has 0 saturated heterocycles. The number of hydrogen-bond donors (Lipinski definition) is 2. The number of hydrogen-bond acceptors (Lipinski definition) is 2. The van der Waals surface area contributed by atoms with Crippen LogP contribution >= 0.6 is 0 Å². The summed E-state index contributed by atoms with van der Waals surface area (Å²) in [5.41, 5.74) is 9.65. The number of rotatable bonds is 5. The lowest BCUT2D eigenvalue weighted by molar-refractivity contribution is -0.137. The van der Waals surface area contributed by atoms with E-state index >= 15 is 0 Å². The smallest absolute Gasteiger partial charge is 0.370 e. The van der Waals surface area contributed by atoms with Crippen LogP contribution in [0.3, 0.4) is 0 Å². The fourth-order valence-corrected chi connectivity index (χ4v) is 1.66. The molecule has 4 N–H and O–H groups in total. The van der Waals surface area contributed by atoms with Crippen molar-refractivity contribution in [3.8, 4) is 0 Å². The maximum absolute atomic E-state index is 12.4. The van der Waals surface area contributed by atoms with Crippen molar-refractivity contribution in [2.75, 3.05) is 0 Å². The van der Waals surface area contributed by atoms with Crippen molar-refractivity contribution in [2.45, 2.75) is 24.9 Å². The molecule has 0 radical (unpaired) electrons. The minimum absolute atomic E-state index is 0.0609. The molecule has 1 unspecified atom stereocenters. The average molecular weight is 274 g/mol. The highest BCUT2D eigenvalue weighted by molar-refractivity contribution is 5.83. The fraction of sp³-hybridized carbons (Fsp3) is 0.333. The van der Waals surface area contributed by atoms with Crippen molar-refractivity contribution < 1.29 is 22.8 Å². The summed E-state index contributed by atoms with van der Waals surface area (Å²) < 4.78 is 37.1. The molecule has 2 amide bonds. The topological polar surface area (TPSA) is 86.2 Å². The Morgan fingerprint density at radius 3 is 2.00 bits per heavy atom. The molecule has 0 aliphatic heterocycles. The fourth-order valence-electron chi connectivity index (χ4n) is 1.66. The average Bonchev–Trinajstić information content (AvgIpc) is 2.27. The molecule has 1 aromatic carbocycles. The first-order chi connectivity index (χ1) is 8.71. The van der Waals surface area contributed by atoms with Crippen molar-refractivity contribution in [3.63, 3.8) is 0 Å². The first kappa shape index (κ1) is 15.0. The lowest BCUT2D eigenvalue weighted by Gasteiger charge is -2.14. The Morgan fingerprint density at radius 1 is 1.11 bits per heavy atom. The molecule has 0 aliphatic rings. The number of nitrogens with two attached hydrogens (primary N) is 2. The van der Waals surface area contributed by atoms with Gasteiger partial charge in [0.1, 0.15) is 0 Å². The molecule has 4 nitrogen and oxygen atoms in total. The molecule has 0 fully saturated rings. The van der Waals surface area contributed by atoms with E-state index in [1.54, 1.807) is 0 Å². The summed E-state index contributed by atoms with van der Waals surface area (Å²) in [4.78, 5) is 21.9. The van der Waals surface area contributed by atoms with Gasteiger partial charge in [-0.3, -0.25) is 9.59 Å². The first-order valence-corrected chi connectivity index (χ1v) is 5.46. The molecular weight excluding hydrogens is 261 g/mol. The Morgan fingerprint density at radius 2 is 1.63 bits per heavy atom. The van der Waals surface area contributed by atoms with Crippen LogP contribution in [0.5, 0.6) is 0 Å².